The number of hydrogen-bond acceptors (Lipinski definition) is 6. The van der Waals surface area contributed by atoms with Crippen molar-refractivity contribution in [2.24, 2.45) is 0 Å². The van der Waals surface area contributed by atoms with Crippen molar-refractivity contribution in [2.45, 2.75) is 19.1 Å². The van der Waals surface area contributed by atoms with Crippen molar-refractivity contribution in [3.63, 3.8) is 0 Å². The van der Waals surface area contributed by atoms with E-state index in [-0.39, 0.29) is 12.1 Å². The fourth-order valence-corrected chi connectivity index (χ4v) is 4.21. The van der Waals surface area contributed by atoms with Crippen LogP contribution in [0, 0.1) is 6.92 Å². The standard InChI is InChI=1S/C23H18N6O/c1-14-8-10-15(11-9-14)22-19-20(17-6-2-3-7-18(17)30-22)25-23-26-27-28-29(23)21(19)16-5-4-12-24-13-16/h2-13,21-22H,1H3,(H,25,26,28). The van der Waals surface area contributed by atoms with E-state index in [4.69, 9.17) is 4.74 Å². The Morgan fingerprint density at radius 1 is 0.967 bits per heavy atom. The molecule has 6 rings (SSSR count). The summed E-state index contributed by atoms with van der Waals surface area (Å²) in [7, 11) is 0. The molecule has 0 saturated heterocycles. The zero-order valence-electron chi connectivity index (χ0n) is 16.2. The lowest BCUT2D eigenvalue weighted by Crippen LogP contribution is -2.32. The van der Waals surface area contributed by atoms with Crippen LogP contribution in [-0.4, -0.2) is 25.2 Å². The van der Waals surface area contributed by atoms with Crippen LogP contribution < -0.4 is 10.1 Å². The lowest BCUT2D eigenvalue weighted by atomic mass is 9.85. The quantitative estimate of drug-likeness (QED) is 0.555. The molecule has 1 N–H and O–H groups in total. The molecule has 7 nitrogen and oxygen atoms in total. The molecule has 146 valence electrons. The third-order valence-corrected chi connectivity index (χ3v) is 5.62. The van der Waals surface area contributed by atoms with Gasteiger partial charge in [0.2, 0.25) is 5.95 Å². The average molecular weight is 394 g/mol. The maximum atomic E-state index is 6.57. The molecular formula is C23H18N6O. The number of tetrazole rings is 1. The van der Waals surface area contributed by atoms with Gasteiger partial charge in [-0.2, -0.15) is 4.68 Å². The van der Waals surface area contributed by atoms with Gasteiger partial charge in [0.1, 0.15) is 17.9 Å². The minimum atomic E-state index is -0.287. The average Bonchev–Trinajstić information content (AvgIpc) is 3.26. The number of pyridine rings is 1. The summed E-state index contributed by atoms with van der Waals surface area (Å²) in [6, 6.07) is 20.3. The largest absolute Gasteiger partial charge is 0.480 e. The van der Waals surface area contributed by atoms with Crippen LogP contribution in [0.5, 0.6) is 5.75 Å². The Balaban J connectivity index is 1.63. The first kappa shape index (κ1) is 16.9. The number of aryl methyl sites for hydroxylation is 1. The molecular weight excluding hydrogens is 376 g/mol. The van der Waals surface area contributed by atoms with Gasteiger partial charge in [-0.25, -0.2) is 0 Å². The molecule has 2 unspecified atom stereocenters. The topological polar surface area (TPSA) is 77.8 Å². The Morgan fingerprint density at radius 2 is 1.83 bits per heavy atom. The predicted molar refractivity (Wildman–Crippen MR) is 112 cm³/mol. The molecule has 2 aliphatic heterocycles. The molecule has 4 heterocycles. The molecule has 0 fully saturated rings. The van der Waals surface area contributed by atoms with Crippen LogP contribution in [0.2, 0.25) is 0 Å². The number of para-hydroxylation sites is 1. The molecule has 4 aromatic rings. The fraction of sp³-hybridized carbons (Fsp3) is 0.130. The summed E-state index contributed by atoms with van der Waals surface area (Å²) < 4.78 is 8.37. The molecule has 7 heteroatoms. The summed E-state index contributed by atoms with van der Waals surface area (Å²) in [4.78, 5) is 4.34. The Labute approximate surface area is 173 Å². The summed E-state index contributed by atoms with van der Waals surface area (Å²) in [5.74, 6) is 1.43. The lowest BCUT2D eigenvalue weighted by molar-refractivity contribution is 0.222. The number of nitrogens with one attached hydrogen (secondary N) is 1. The Bertz CT molecular complexity index is 1260. The number of ether oxygens (including phenoxy) is 1. The van der Waals surface area contributed by atoms with Gasteiger partial charge in [-0.1, -0.05) is 53.1 Å². The highest BCUT2D eigenvalue weighted by Gasteiger charge is 2.41. The van der Waals surface area contributed by atoms with E-state index in [9.17, 15) is 0 Å². The van der Waals surface area contributed by atoms with Gasteiger partial charge in [0, 0.05) is 23.5 Å². The molecule has 0 saturated carbocycles. The Kier molecular flexibility index (Phi) is 3.67. The third kappa shape index (κ3) is 2.52. The van der Waals surface area contributed by atoms with E-state index in [0.717, 1.165) is 33.7 Å². The van der Waals surface area contributed by atoms with E-state index >= 15 is 0 Å². The van der Waals surface area contributed by atoms with E-state index in [0.29, 0.717) is 5.95 Å². The third-order valence-electron chi connectivity index (χ3n) is 5.62. The minimum Gasteiger partial charge on any atom is -0.480 e. The van der Waals surface area contributed by atoms with E-state index in [1.54, 1.807) is 10.9 Å². The highest BCUT2D eigenvalue weighted by Crippen LogP contribution is 2.50. The molecule has 0 bridgehead atoms. The van der Waals surface area contributed by atoms with Gasteiger partial charge in [-0.05, 0) is 46.7 Å². The van der Waals surface area contributed by atoms with Crippen LogP contribution in [0.4, 0.5) is 5.95 Å². The molecule has 2 aromatic heterocycles. The van der Waals surface area contributed by atoms with E-state index in [1.807, 2.05) is 36.5 Å². The van der Waals surface area contributed by atoms with Crippen LogP contribution in [0.25, 0.3) is 5.70 Å². The molecule has 0 spiro atoms. The van der Waals surface area contributed by atoms with Crippen molar-refractivity contribution in [2.75, 3.05) is 5.32 Å². The molecule has 0 aliphatic carbocycles. The Hall–Kier alpha value is -4.00. The summed E-state index contributed by atoms with van der Waals surface area (Å²) in [5, 5.41) is 15.8. The van der Waals surface area contributed by atoms with E-state index in [2.05, 4.69) is 63.1 Å². The molecule has 2 atom stereocenters. The van der Waals surface area contributed by atoms with Gasteiger partial charge in [0.25, 0.3) is 0 Å². The monoisotopic (exact) mass is 394 g/mol. The zero-order chi connectivity index (χ0) is 20.1. The number of aromatic nitrogens is 5. The first-order valence-electron chi connectivity index (χ1n) is 9.81. The highest BCUT2D eigenvalue weighted by atomic mass is 16.5. The zero-order valence-corrected chi connectivity index (χ0v) is 16.2. The van der Waals surface area contributed by atoms with E-state index < -0.39 is 0 Å². The Morgan fingerprint density at radius 3 is 2.67 bits per heavy atom. The second-order valence-corrected chi connectivity index (χ2v) is 7.50. The fourth-order valence-electron chi connectivity index (χ4n) is 4.21. The predicted octanol–water partition coefficient (Wildman–Crippen LogP) is 3.94. The summed E-state index contributed by atoms with van der Waals surface area (Å²) in [6.45, 7) is 2.08. The molecule has 0 radical (unpaired) electrons. The van der Waals surface area contributed by atoms with Crippen molar-refractivity contribution >= 4 is 11.6 Å². The smallest absolute Gasteiger partial charge is 0.248 e. The first-order valence-corrected chi connectivity index (χ1v) is 9.81. The summed E-state index contributed by atoms with van der Waals surface area (Å²) in [6.07, 6.45) is 3.34. The van der Waals surface area contributed by atoms with Gasteiger partial charge in [0.15, 0.2) is 0 Å². The SMILES string of the molecule is Cc1ccc(C2Oc3ccccc3C3=C2C(c2cccnc2)n2nnnc2N3)cc1. The molecule has 2 aliphatic rings. The molecule has 0 amide bonds. The number of rotatable bonds is 2. The van der Waals surface area contributed by atoms with Gasteiger partial charge in [-0.15, -0.1) is 0 Å². The van der Waals surface area contributed by atoms with Gasteiger partial charge < -0.3 is 10.1 Å². The van der Waals surface area contributed by atoms with Crippen molar-refractivity contribution in [3.05, 3.63) is 101 Å². The van der Waals surface area contributed by atoms with Crippen LogP contribution in [-0.2, 0) is 0 Å². The maximum absolute atomic E-state index is 6.57. The second kappa shape index (κ2) is 6.52. The minimum absolute atomic E-state index is 0.236. The number of hydrogen-bond donors (Lipinski definition) is 1. The number of anilines is 1. The maximum Gasteiger partial charge on any atom is 0.248 e. The van der Waals surface area contributed by atoms with Gasteiger partial charge >= 0.3 is 0 Å². The summed E-state index contributed by atoms with van der Waals surface area (Å²) in [5.41, 5.74) is 6.33. The lowest BCUT2D eigenvalue weighted by Gasteiger charge is -2.38. The highest BCUT2D eigenvalue weighted by molar-refractivity contribution is 5.85. The number of benzene rings is 2. The van der Waals surface area contributed by atoms with Crippen molar-refractivity contribution in [1.29, 1.82) is 0 Å². The number of nitrogens with zero attached hydrogens (tertiary/aromatic N) is 5. The molecule has 2 aromatic carbocycles. The van der Waals surface area contributed by atoms with Crippen LogP contribution in [0.3, 0.4) is 0 Å². The van der Waals surface area contributed by atoms with Crippen LogP contribution in [0.1, 0.15) is 34.4 Å². The van der Waals surface area contributed by atoms with Crippen molar-refractivity contribution in [3.8, 4) is 5.75 Å². The number of fused-ring (bicyclic) bond motifs is 3. The normalized spacial score (nSPS) is 19.2. The first-order chi connectivity index (χ1) is 14.8. The van der Waals surface area contributed by atoms with E-state index in [1.165, 1.54) is 5.56 Å². The van der Waals surface area contributed by atoms with Crippen molar-refractivity contribution < 1.29 is 4.74 Å². The van der Waals surface area contributed by atoms with Crippen LogP contribution in [0.15, 0.2) is 78.6 Å². The van der Waals surface area contributed by atoms with Gasteiger partial charge in [0.05, 0.1) is 5.70 Å². The molecule has 30 heavy (non-hydrogen) atoms. The van der Waals surface area contributed by atoms with Gasteiger partial charge in [-0.3, -0.25) is 4.98 Å². The second-order valence-electron chi connectivity index (χ2n) is 7.50. The summed E-state index contributed by atoms with van der Waals surface area (Å²) >= 11 is 0. The van der Waals surface area contributed by atoms with Crippen molar-refractivity contribution in [1.82, 2.24) is 25.2 Å². The van der Waals surface area contributed by atoms with Crippen LogP contribution >= 0.6 is 0 Å².